The van der Waals surface area contributed by atoms with E-state index < -0.39 is 0 Å². The molecule has 0 radical (unpaired) electrons. The molecule has 4 nitrogen and oxygen atoms in total. The first-order valence-electron chi connectivity index (χ1n) is 6.37. The molecule has 2 N–H and O–H groups in total. The van der Waals surface area contributed by atoms with Crippen molar-refractivity contribution in [1.29, 1.82) is 0 Å². The van der Waals surface area contributed by atoms with Crippen molar-refractivity contribution in [3.8, 4) is 0 Å². The Bertz CT molecular complexity index is 263. The molecular weight excluding hydrogens is 200 g/mol. The van der Waals surface area contributed by atoms with Crippen molar-refractivity contribution in [3.05, 3.63) is 18.5 Å². The highest BCUT2D eigenvalue weighted by Gasteiger charge is 2.10. The minimum absolute atomic E-state index is 0.715. The molecule has 1 fully saturated rings. The lowest BCUT2D eigenvalue weighted by atomic mass is 10.1. The van der Waals surface area contributed by atoms with Crippen LogP contribution in [0.2, 0.25) is 0 Å². The van der Waals surface area contributed by atoms with Crippen LogP contribution in [0.5, 0.6) is 0 Å². The Balaban J connectivity index is 1.56. The van der Waals surface area contributed by atoms with Gasteiger partial charge >= 0.3 is 0 Å². The Hall–Kier alpha value is -0.870. The maximum absolute atomic E-state index is 4.19. The maximum Gasteiger partial charge on any atom is 0.0489 e. The van der Waals surface area contributed by atoms with Gasteiger partial charge in [-0.05, 0) is 51.4 Å². The van der Waals surface area contributed by atoms with Crippen molar-refractivity contribution >= 4 is 0 Å². The first-order valence-corrected chi connectivity index (χ1v) is 6.37. The second-order valence-electron chi connectivity index (χ2n) is 4.45. The van der Waals surface area contributed by atoms with Gasteiger partial charge in [0.05, 0.1) is 0 Å². The summed E-state index contributed by atoms with van der Waals surface area (Å²) in [5, 5.41) is 11.3. The van der Waals surface area contributed by atoms with Gasteiger partial charge in [-0.3, -0.25) is 4.68 Å². The molecule has 0 spiro atoms. The lowest BCUT2D eigenvalue weighted by Gasteiger charge is -2.15. The van der Waals surface area contributed by atoms with Crippen LogP contribution in [-0.4, -0.2) is 35.5 Å². The number of hydrogen-bond donors (Lipinski definition) is 2. The van der Waals surface area contributed by atoms with Gasteiger partial charge in [-0.25, -0.2) is 0 Å². The van der Waals surface area contributed by atoms with Gasteiger partial charge in [-0.1, -0.05) is 0 Å². The average Bonchev–Trinajstić information content (AvgIpc) is 2.68. The Morgan fingerprint density at radius 1 is 1.38 bits per heavy atom. The van der Waals surface area contributed by atoms with E-state index in [0.717, 1.165) is 26.1 Å². The summed E-state index contributed by atoms with van der Waals surface area (Å²) in [7, 11) is 0. The van der Waals surface area contributed by atoms with Gasteiger partial charge in [-0.2, -0.15) is 5.10 Å². The van der Waals surface area contributed by atoms with Gasteiger partial charge in [0.25, 0.3) is 0 Å². The van der Waals surface area contributed by atoms with Gasteiger partial charge < -0.3 is 10.6 Å². The molecule has 4 heteroatoms. The van der Waals surface area contributed by atoms with E-state index in [1.54, 1.807) is 0 Å². The van der Waals surface area contributed by atoms with Gasteiger partial charge in [0.15, 0.2) is 0 Å². The van der Waals surface area contributed by atoms with E-state index in [2.05, 4.69) is 15.7 Å². The van der Waals surface area contributed by atoms with Crippen LogP contribution in [0.3, 0.4) is 0 Å². The van der Waals surface area contributed by atoms with Gasteiger partial charge in [-0.15, -0.1) is 0 Å². The summed E-state index contributed by atoms with van der Waals surface area (Å²) in [5.41, 5.74) is 0. The molecule has 1 saturated heterocycles. The molecule has 1 unspecified atom stereocenters. The third-order valence-corrected chi connectivity index (χ3v) is 3.13. The molecule has 2 rings (SSSR count). The van der Waals surface area contributed by atoms with Crippen LogP contribution >= 0.6 is 0 Å². The van der Waals surface area contributed by atoms with E-state index in [1.165, 1.54) is 25.8 Å². The van der Waals surface area contributed by atoms with E-state index in [-0.39, 0.29) is 0 Å². The SMILES string of the molecule is c1cnn(CCCNC2CCCNCC2)c1. The van der Waals surface area contributed by atoms with Crippen molar-refractivity contribution < 1.29 is 0 Å². The number of aryl methyl sites for hydroxylation is 1. The second-order valence-corrected chi connectivity index (χ2v) is 4.45. The largest absolute Gasteiger partial charge is 0.317 e. The predicted molar refractivity (Wildman–Crippen MR) is 65.4 cm³/mol. The van der Waals surface area contributed by atoms with E-state index in [4.69, 9.17) is 0 Å². The van der Waals surface area contributed by atoms with Crippen LogP contribution in [-0.2, 0) is 6.54 Å². The minimum atomic E-state index is 0.715. The quantitative estimate of drug-likeness (QED) is 0.731. The second kappa shape index (κ2) is 6.66. The number of hydrogen-bond acceptors (Lipinski definition) is 3. The normalized spacial score (nSPS) is 21.9. The van der Waals surface area contributed by atoms with E-state index in [9.17, 15) is 0 Å². The zero-order chi connectivity index (χ0) is 11.1. The number of nitrogens with zero attached hydrogens (tertiary/aromatic N) is 2. The molecule has 1 aromatic heterocycles. The molecule has 16 heavy (non-hydrogen) atoms. The predicted octanol–water partition coefficient (Wildman–Crippen LogP) is 1.00. The summed E-state index contributed by atoms with van der Waals surface area (Å²) >= 11 is 0. The van der Waals surface area contributed by atoms with Crippen molar-refractivity contribution in [3.63, 3.8) is 0 Å². The Labute approximate surface area is 97.4 Å². The molecule has 2 heterocycles. The lowest BCUT2D eigenvalue weighted by Crippen LogP contribution is -2.31. The Morgan fingerprint density at radius 2 is 2.38 bits per heavy atom. The van der Waals surface area contributed by atoms with Crippen LogP contribution in [0.15, 0.2) is 18.5 Å². The van der Waals surface area contributed by atoms with Crippen molar-refractivity contribution in [2.75, 3.05) is 19.6 Å². The fourth-order valence-corrected chi connectivity index (χ4v) is 2.20. The molecule has 0 saturated carbocycles. The van der Waals surface area contributed by atoms with Gasteiger partial charge in [0.1, 0.15) is 0 Å². The lowest BCUT2D eigenvalue weighted by molar-refractivity contribution is 0.447. The standard InChI is InChI=1S/C12H22N4/c1-4-12(5-9-13-6-1)14-7-2-10-16-11-3-8-15-16/h3,8,11-14H,1-2,4-7,9-10H2. The summed E-state index contributed by atoms with van der Waals surface area (Å²) < 4.78 is 2.00. The van der Waals surface area contributed by atoms with Crippen LogP contribution in [0.1, 0.15) is 25.7 Å². The molecule has 0 bridgehead atoms. The molecule has 1 aliphatic heterocycles. The van der Waals surface area contributed by atoms with E-state index in [0.29, 0.717) is 6.04 Å². The number of nitrogens with one attached hydrogen (secondary N) is 2. The third-order valence-electron chi connectivity index (χ3n) is 3.13. The minimum Gasteiger partial charge on any atom is -0.317 e. The van der Waals surface area contributed by atoms with Crippen molar-refractivity contribution in [2.24, 2.45) is 0 Å². The highest BCUT2D eigenvalue weighted by Crippen LogP contribution is 2.04. The van der Waals surface area contributed by atoms with E-state index >= 15 is 0 Å². The van der Waals surface area contributed by atoms with Crippen molar-refractivity contribution in [2.45, 2.75) is 38.3 Å². The Kier molecular flexibility index (Phi) is 4.83. The van der Waals surface area contributed by atoms with Crippen molar-refractivity contribution in [1.82, 2.24) is 20.4 Å². The van der Waals surface area contributed by atoms with E-state index in [1.807, 2.05) is 23.1 Å². The molecule has 1 aliphatic rings. The first-order chi connectivity index (χ1) is 7.95. The summed E-state index contributed by atoms with van der Waals surface area (Å²) in [6.07, 6.45) is 8.90. The Morgan fingerprint density at radius 3 is 3.25 bits per heavy atom. The van der Waals surface area contributed by atoms with Gasteiger partial charge in [0.2, 0.25) is 0 Å². The third kappa shape index (κ3) is 3.94. The van der Waals surface area contributed by atoms with Crippen LogP contribution in [0.4, 0.5) is 0 Å². The van der Waals surface area contributed by atoms with Crippen LogP contribution in [0.25, 0.3) is 0 Å². The topological polar surface area (TPSA) is 41.9 Å². The zero-order valence-electron chi connectivity index (χ0n) is 9.86. The molecule has 0 amide bonds. The molecule has 90 valence electrons. The van der Waals surface area contributed by atoms with Crippen LogP contribution in [0, 0.1) is 0 Å². The fourth-order valence-electron chi connectivity index (χ4n) is 2.20. The highest BCUT2D eigenvalue weighted by molar-refractivity contribution is 4.78. The number of rotatable bonds is 5. The molecular formula is C12H22N4. The summed E-state index contributed by atoms with van der Waals surface area (Å²) in [4.78, 5) is 0. The summed E-state index contributed by atoms with van der Waals surface area (Å²) in [5.74, 6) is 0. The monoisotopic (exact) mass is 222 g/mol. The first kappa shape index (κ1) is 11.6. The molecule has 0 aromatic carbocycles. The number of aromatic nitrogens is 2. The van der Waals surface area contributed by atoms with Crippen LogP contribution < -0.4 is 10.6 Å². The molecule has 0 aliphatic carbocycles. The zero-order valence-corrected chi connectivity index (χ0v) is 9.86. The van der Waals surface area contributed by atoms with Gasteiger partial charge in [0, 0.05) is 25.0 Å². The fraction of sp³-hybridized carbons (Fsp3) is 0.750. The average molecular weight is 222 g/mol. The molecule has 1 atom stereocenters. The maximum atomic E-state index is 4.19. The smallest absolute Gasteiger partial charge is 0.0489 e. The molecule has 1 aromatic rings. The highest BCUT2D eigenvalue weighted by atomic mass is 15.3. The summed E-state index contributed by atoms with van der Waals surface area (Å²) in [6.45, 7) is 4.47. The summed E-state index contributed by atoms with van der Waals surface area (Å²) in [6, 6.07) is 2.69.